The first-order valence-electron chi connectivity index (χ1n) is 6.81. The quantitative estimate of drug-likeness (QED) is 0.869. The van der Waals surface area contributed by atoms with Gasteiger partial charge in [-0.15, -0.1) is 0 Å². The van der Waals surface area contributed by atoms with Gasteiger partial charge in [0.1, 0.15) is 0 Å². The van der Waals surface area contributed by atoms with Crippen molar-refractivity contribution in [3.05, 3.63) is 48.0 Å². The van der Waals surface area contributed by atoms with Crippen molar-refractivity contribution >= 4 is 5.91 Å². The molecule has 110 valence electrons. The second kappa shape index (κ2) is 5.55. The van der Waals surface area contributed by atoms with Gasteiger partial charge in [0, 0.05) is 25.5 Å². The van der Waals surface area contributed by atoms with Crippen LogP contribution in [0.2, 0.25) is 0 Å². The van der Waals surface area contributed by atoms with Crippen LogP contribution < -0.4 is 4.74 Å². The van der Waals surface area contributed by atoms with Crippen molar-refractivity contribution in [1.82, 2.24) is 14.7 Å². The Morgan fingerprint density at radius 1 is 1.43 bits per heavy atom. The molecule has 0 radical (unpaired) electrons. The highest BCUT2D eigenvalue weighted by atomic mass is 19.1. The van der Waals surface area contributed by atoms with Crippen molar-refractivity contribution in [3.63, 3.8) is 0 Å². The Morgan fingerprint density at radius 2 is 2.29 bits per heavy atom. The number of aromatic nitrogens is 2. The van der Waals surface area contributed by atoms with E-state index < -0.39 is 5.82 Å². The van der Waals surface area contributed by atoms with Gasteiger partial charge in [0.15, 0.2) is 11.6 Å². The molecule has 0 saturated carbocycles. The molecule has 1 amide bonds. The van der Waals surface area contributed by atoms with E-state index in [1.165, 1.54) is 19.2 Å². The molecule has 0 aliphatic carbocycles. The number of hydrogen-bond acceptors (Lipinski definition) is 3. The zero-order valence-electron chi connectivity index (χ0n) is 11.7. The molecule has 1 aromatic heterocycles. The van der Waals surface area contributed by atoms with Gasteiger partial charge in [0.05, 0.1) is 18.7 Å². The number of hydrogen-bond donors (Lipinski definition) is 0. The standard InChI is InChI=1S/C15H16FN3O2/c1-21-13-5-2-4-12(14(13)16)15(20)18-9-6-11(10-18)19-8-3-7-17-19/h2-5,7-8,11H,6,9-10H2,1H3. The van der Waals surface area contributed by atoms with Gasteiger partial charge in [-0.25, -0.2) is 4.39 Å². The van der Waals surface area contributed by atoms with Crippen molar-refractivity contribution < 1.29 is 13.9 Å². The number of amides is 1. The van der Waals surface area contributed by atoms with Crippen LogP contribution in [0.4, 0.5) is 4.39 Å². The molecule has 0 bridgehead atoms. The average molecular weight is 289 g/mol. The van der Waals surface area contributed by atoms with E-state index in [2.05, 4.69) is 5.10 Å². The fourth-order valence-corrected chi connectivity index (χ4v) is 2.64. The Balaban J connectivity index is 1.78. The van der Waals surface area contributed by atoms with E-state index >= 15 is 0 Å². The highest BCUT2D eigenvalue weighted by molar-refractivity contribution is 5.95. The van der Waals surface area contributed by atoms with Gasteiger partial charge < -0.3 is 9.64 Å². The van der Waals surface area contributed by atoms with Crippen LogP contribution in [0.1, 0.15) is 22.8 Å². The van der Waals surface area contributed by atoms with Crippen LogP contribution in [0.15, 0.2) is 36.7 Å². The van der Waals surface area contributed by atoms with Gasteiger partial charge >= 0.3 is 0 Å². The van der Waals surface area contributed by atoms with E-state index in [0.29, 0.717) is 13.1 Å². The molecule has 0 spiro atoms. The van der Waals surface area contributed by atoms with Gasteiger partial charge in [-0.05, 0) is 24.6 Å². The fourth-order valence-electron chi connectivity index (χ4n) is 2.64. The molecule has 1 aromatic carbocycles. The van der Waals surface area contributed by atoms with E-state index in [1.54, 1.807) is 17.2 Å². The highest BCUT2D eigenvalue weighted by Gasteiger charge is 2.30. The number of methoxy groups -OCH3 is 1. The fraction of sp³-hybridized carbons (Fsp3) is 0.333. The molecule has 5 nitrogen and oxygen atoms in total. The van der Waals surface area contributed by atoms with Gasteiger partial charge in [-0.3, -0.25) is 9.48 Å². The summed E-state index contributed by atoms with van der Waals surface area (Å²) in [6, 6.07) is 6.62. The highest BCUT2D eigenvalue weighted by Crippen LogP contribution is 2.25. The van der Waals surface area contributed by atoms with Crippen LogP contribution in [-0.2, 0) is 0 Å². The minimum atomic E-state index is -0.604. The smallest absolute Gasteiger partial charge is 0.257 e. The van der Waals surface area contributed by atoms with E-state index in [1.807, 2.05) is 16.9 Å². The van der Waals surface area contributed by atoms with Gasteiger partial charge in [0.25, 0.3) is 5.91 Å². The summed E-state index contributed by atoms with van der Waals surface area (Å²) in [5.74, 6) is -0.822. The number of carbonyl (C=O) groups excluding carboxylic acids is 1. The maximum absolute atomic E-state index is 14.2. The molecular formula is C15H16FN3O2. The van der Waals surface area contributed by atoms with Crippen LogP contribution in [-0.4, -0.2) is 40.8 Å². The third-order valence-corrected chi connectivity index (χ3v) is 3.76. The number of carbonyl (C=O) groups is 1. The molecule has 0 N–H and O–H groups in total. The largest absolute Gasteiger partial charge is 0.494 e. The molecule has 6 heteroatoms. The minimum absolute atomic E-state index is 0.0514. The minimum Gasteiger partial charge on any atom is -0.494 e. The molecule has 1 aliphatic heterocycles. The van der Waals surface area contributed by atoms with Crippen molar-refractivity contribution in [3.8, 4) is 5.75 Å². The number of benzene rings is 1. The number of likely N-dealkylation sites (tertiary alicyclic amines) is 1. The second-order valence-corrected chi connectivity index (χ2v) is 5.00. The van der Waals surface area contributed by atoms with E-state index in [4.69, 9.17) is 4.74 Å². The lowest BCUT2D eigenvalue weighted by Gasteiger charge is -2.17. The molecule has 1 aliphatic rings. The van der Waals surface area contributed by atoms with Crippen LogP contribution in [0, 0.1) is 5.82 Å². The lowest BCUT2D eigenvalue weighted by Crippen LogP contribution is -2.30. The molecule has 1 unspecified atom stereocenters. The average Bonchev–Trinajstić information content (AvgIpc) is 3.17. The van der Waals surface area contributed by atoms with Crippen molar-refractivity contribution in [2.45, 2.75) is 12.5 Å². The molecule has 1 atom stereocenters. The van der Waals surface area contributed by atoms with E-state index in [0.717, 1.165) is 6.42 Å². The van der Waals surface area contributed by atoms with Crippen molar-refractivity contribution in [1.29, 1.82) is 0 Å². The number of ether oxygens (including phenoxy) is 1. The van der Waals surface area contributed by atoms with Crippen LogP contribution in [0.5, 0.6) is 5.75 Å². The molecule has 3 rings (SSSR count). The number of rotatable bonds is 3. The number of nitrogens with zero attached hydrogens (tertiary/aromatic N) is 3. The summed E-state index contributed by atoms with van der Waals surface area (Å²) in [6.07, 6.45) is 4.41. The summed E-state index contributed by atoms with van der Waals surface area (Å²) < 4.78 is 20.9. The topological polar surface area (TPSA) is 47.4 Å². The normalized spacial score (nSPS) is 18.0. The summed E-state index contributed by atoms with van der Waals surface area (Å²) in [5, 5.41) is 4.19. The van der Waals surface area contributed by atoms with Crippen LogP contribution in [0.25, 0.3) is 0 Å². The van der Waals surface area contributed by atoms with Crippen LogP contribution >= 0.6 is 0 Å². The summed E-state index contributed by atoms with van der Waals surface area (Å²) in [4.78, 5) is 14.1. The second-order valence-electron chi connectivity index (χ2n) is 5.00. The first-order valence-corrected chi connectivity index (χ1v) is 6.81. The third-order valence-electron chi connectivity index (χ3n) is 3.76. The van der Waals surface area contributed by atoms with E-state index in [-0.39, 0.29) is 23.3 Å². The van der Waals surface area contributed by atoms with Gasteiger partial charge in [-0.2, -0.15) is 5.10 Å². The molecule has 2 heterocycles. The van der Waals surface area contributed by atoms with Crippen molar-refractivity contribution in [2.75, 3.05) is 20.2 Å². The zero-order valence-corrected chi connectivity index (χ0v) is 11.7. The maximum Gasteiger partial charge on any atom is 0.257 e. The Morgan fingerprint density at radius 3 is 3.00 bits per heavy atom. The summed E-state index contributed by atoms with van der Waals surface area (Å²) in [7, 11) is 1.39. The van der Waals surface area contributed by atoms with Crippen molar-refractivity contribution in [2.24, 2.45) is 0 Å². The zero-order chi connectivity index (χ0) is 14.8. The Labute approximate surface area is 121 Å². The molecule has 2 aromatic rings. The summed E-state index contributed by atoms with van der Waals surface area (Å²) in [5.41, 5.74) is 0.0514. The SMILES string of the molecule is COc1cccc(C(=O)N2CCC(n3cccn3)C2)c1F. The monoisotopic (exact) mass is 289 g/mol. The van der Waals surface area contributed by atoms with Gasteiger partial charge in [-0.1, -0.05) is 6.07 Å². The predicted octanol–water partition coefficient (Wildman–Crippen LogP) is 2.12. The molecular weight excluding hydrogens is 273 g/mol. The molecule has 21 heavy (non-hydrogen) atoms. The Kier molecular flexibility index (Phi) is 3.60. The summed E-state index contributed by atoms with van der Waals surface area (Å²) >= 11 is 0. The third kappa shape index (κ3) is 2.49. The predicted molar refractivity (Wildman–Crippen MR) is 74.7 cm³/mol. The lowest BCUT2D eigenvalue weighted by atomic mass is 10.1. The van der Waals surface area contributed by atoms with E-state index in [9.17, 15) is 9.18 Å². The first-order chi connectivity index (χ1) is 10.2. The number of halogens is 1. The Bertz CT molecular complexity index is 642. The molecule has 1 saturated heterocycles. The van der Waals surface area contributed by atoms with Gasteiger partial charge in [0.2, 0.25) is 0 Å². The lowest BCUT2D eigenvalue weighted by molar-refractivity contribution is 0.0781. The Hall–Kier alpha value is -2.37. The summed E-state index contributed by atoms with van der Waals surface area (Å²) in [6.45, 7) is 1.14. The maximum atomic E-state index is 14.2. The van der Waals surface area contributed by atoms with Crippen LogP contribution in [0.3, 0.4) is 0 Å². The first kappa shape index (κ1) is 13.6. The molecule has 1 fully saturated rings.